The van der Waals surface area contributed by atoms with E-state index in [1.54, 1.807) is 6.92 Å². The first-order valence-corrected chi connectivity index (χ1v) is 3.07. The van der Waals surface area contributed by atoms with Crippen LogP contribution in [0.4, 0.5) is 0 Å². The molecule has 0 aromatic carbocycles. The van der Waals surface area contributed by atoms with Crippen molar-refractivity contribution in [1.82, 2.24) is 5.32 Å². The highest BCUT2D eigenvalue weighted by molar-refractivity contribution is 5.92. The number of nitrogens with two attached hydrogens (primary N) is 1. The number of carbonyl (C=O) groups is 1. The fraction of sp³-hybridized carbons (Fsp3) is 0.333. The van der Waals surface area contributed by atoms with E-state index in [1.165, 1.54) is 12.3 Å². The zero-order chi connectivity index (χ0) is 8.48. The first-order chi connectivity index (χ1) is 5.01. The molecular weight excluding hydrogens is 146 g/mol. The second-order valence-electron chi connectivity index (χ2n) is 2.44. The van der Waals surface area contributed by atoms with Crippen molar-refractivity contribution in [3.05, 3.63) is 11.8 Å². The SMILES string of the molecule is CC1(N)N=CC=C(C(=O)O)N1. The number of nitrogens with one attached hydrogen (secondary N) is 1. The van der Waals surface area contributed by atoms with E-state index >= 15 is 0 Å². The van der Waals surface area contributed by atoms with Crippen molar-refractivity contribution in [2.75, 3.05) is 0 Å². The summed E-state index contributed by atoms with van der Waals surface area (Å²) in [7, 11) is 0. The molecule has 5 nitrogen and oxygen atoms in total. The number of carboxylic acid groups (broad SMARTS) is 1. The molecule has 0 bridgehead atoms. The Morgan fingerprint density at radius 2 is 2.55 bits per heavy atom. The van der Waals surface area contributed by atoms with Crippen LogP contribution in [0.1, 0.15) is 6.92 Å². The van der Waals surface area contributed by atoms with Crippen LogP contribution in [0.5, 0.6) is 0 Å². The van der Waals surface area contributed by atoms with Crippen LogP contribution in [0, 0.1) is 0 Å². The Morgan fingerprint density at radius 1 is 1.91 bits per heavy atom. The van der Waals surface area contributed by atoms with Gasteiger partial charge >= 0.3 is 5.97 Å². The molecule has 0 spiro atoms. The van der Waals surface area contributed by atoms with Crippen LogP contribution in [-0.4, -0.2) is 23.1 Å². The van der Waals surface area contributed by atoms with E-state index in [2.05, 4.69) is 10.3 Å². The van der Waals surface area contributed by atoms with Crippen molar-refractivity contribution in [1.29, 1.82) is 0 Å². The minimum absolute atomic E-state index is 0.0602. The van der Waals surface area contributed by atoms with Crippen LogP contribution < -0.4 is 11.1 Å². The van der Waals surface area contributed by atoms with Gasteiger partial charge in [0.2, 0.25) is 0 Å². The number of aliphatic imine (C=N–C) groups is 1. The average molecular weight is 155 g/mol. The molecule has 0 aliphatic carbocycles. The van der Waals surface area contributed by atoms with Gasteiger partial charge in [-0.05, 0) is 13.0 Å². The van der Waals surface area contributed by atoms with Gasteiger partial charge in [0.1, 0.15) is 5.70 Å². The molecule has 0 radical (unpaired) electrons. The largest absolute Gasteiger partial charge is 0.477 e. The molecule has 4 N–H and O–H groups in total. The molecule has 0 aromatic rings. The van der Waals surface area contributed by atoms with Crippen molar-refractivity contribution in [3.8, 4) is 0 Å². The first kappa shape index (κ1) is 7.74. The number of rotatable bonds is 1. The smallest absolute Gasteiger partial charge is 0.352 e. The molecule has 0 aromatic heterocycles. The molecule has 1 aliphatic heterocycles. The Labute approximate surface area is 63.6 Å². The minimum atomic E-state index is -1.03. The lowest BCUT2D eigenvalue weighted by Gasteiger charge is -2.24. The molecule has 11 heavy (non-hydrogen) atoms. The Morgan fingerprint density at radius 3 is 2.91 bits per heavy atom. The quantitative estimate of drug-likeness (QED) is 0.465. The maximum Gasteiger partial charge on any atom is 0.352 e. The normalized spacial score (nSPS) is 29.1. The van der Waals surface area contributed by atoms with Crippen LogP contribution in [0.15, 0.2) is 16.8 Å². The third-order valence-corrected chi connectivity index (χ3v) is 1.20. The molecule has 1 heterocycles. The van der Waals surface area contributed by atoms with E-state index in [9.17, 15) is 4.79 Å². The highest BCUT2D eigenvalue weighted by Gasteiger charge is 2.22. The standard InChI is InChI=1S/C6H9N3O2/c1-6(7)8-3-2-4(9-6)5(10)11/h2-3,9H,7H2,1H3,(H,10,11). The topological polar surface area (TPSA) is 87.7 Å². The van der Waals surface area contributed by atoms with Crippen molar-refractivity contribution in [2.45, 2.75) is 12.7 Å². The molecule has 1 aliphatic rings. The maximum absolute atomic E-state index is 10.4. The molecule has 0 fully saturated rings. The fourth-order valence-electron chi connectivity index (χ4n) is 0.738. The summed E-state index contributed by atoms with van der Waals surface area (Å²) >= 11 is 0. The van der Waals surface area contributed by atoms with Crippen LogP contribution in [0.25, 0.3) is 0 Å². The number of hydrogen-bond acceptors (Lipinski definition) is 4. The lowest BCUT2D eigenvalue weighted by molar-refractivity contribution is -0.133. The zero-order valence-electron chi connectivity index (χ0n) is 6.03. The molecule has 0 saturated heterocycles. The monoisotopic (exact) mass is 155 g/mol. The van der Waals surface area contributed by atoms with Gasteiger partial charge in [-0.1, -0.05) is 0 Å². The van der Waals surface area contributed by atoms with Gasteiger partial charge in [0, 0.05) is 6.21 Å². The van der Waals surface area contributed by atoms with Gasteiger partial charge in [-0.25, -0.2) is 4.79 Å². The molecule has 1 rings (SSSR count). The van der Waals surface area contributed by atoms with Gasteiger partial charge in [-0.2, -0.15) is 0 Å². The van der Waals surface area contributed by atoms with Gasteiger partial charge < -0.3 is 10.4 Å². The summed E-state index contributed by atoms with van der Waals surface area (Å²) in [5.74, 6) is -2.03. The van der Waals surface area contributed by atoms with Gasteiger partial charge in [0.15, 0.2) is 5.79 Å². The van der Waals surface area contributed by atoms with Crippen molar-refractivity contribution < 1.29 is 9.90 Å². The summed E-state index contributed by atoms with van der Waals surface area (Å²) in [5.41, 5.74) is 5.55. The fourth-order valence-corrected chi connectivity index (χ4v) is 0.738. The third-order valence-electron chi connectivity index (χ3n) is 1.20. The molecule has 5 heteroatoms. The summed E-state index contributed by atoms with van der Waals surface area (Å²) in [6, 6.07) is 0. The Bertz CT molecular complexity index is 242. The third kappa shape index (κ3) is 1.78. The van der Waals surface area contributed by atoms with Gasteiger partial charge in [0.25, 0.3) is 0 Å². The Kier molecular flexibility index (Phi) is 1.66. The summed E-state index contributed by atoms with van der Waals surface area (Å²) in [6.07, 6.45) is 2.73. The zero-order valence-corrected chi connectivity index (χ0v) is 6.03. The minimum Gasteiger partial charge on any atom is -0.477 e. The molecule has 1 atom stereocenters. The predicted octanol–water partition coefficient (Wildman–Crippen LogP) is -0.739. The number of allylic oxidation sites excluding steroid dienone is 1. The van der Waals surface area contributed by atoms with E-state index in [4.69, 9.17) is 10.8 Å². The highest BCUT2D eigenvalue weighted by Crippen LogP contribution is 2.04. The Balaban J connectivity index is 2.81. The van der Waals surface area contributed by atoms with Crippen molar-refractivity contribution in [3.63, 3.8) is 0 Å². The number of aliphatic carboxylic acids is 1. The Hall–Kier alpha value is -1.36. The lowest BCUT2D eigenvalue weighted by atomic mass is 10.3. The molecular formula is C6H9N3O2. The average Bonchev–Trinajstić information content (AvgIpc) is 1.85. The summed E-state index contributed by atoms with van der Waals surface area (Å²) < 4.78 is 0. The predicted molar refractivity (Wildman–Crippen MR) is 39.9 cm³/mol. The first-order valence-electron chi connectivity index (χ1n) is 3.07. The van der Waals surface area contributed by atoms with Gasteiger partial charge in [-0.3, -0.25) is 10.7 Å². The van der Waals surface area contributed by atoms with Crippen LogP contribution in [0.3, 0.4) is 0 Å². The van der Waals surface area contributed by atoms with Gasteiger partial charge in [0.05, 0.1) is 0 Å². The number of nitrogens with zero attached hydrogens (tertiary/aromatic N) is 1. The van der Waals surface area contributed by atoms with E-state index in [-0.39, 0.29) is 5.70 Å². The summed E-state index contributed by atoms with van der Waals surface area (Å²) in [4.78, 5) is 14.2. The maximum atomic E-state index is 10.4. The second kappa shape index (κ2) is 2.35. The molecule has 0 saturated carbocycles. The van der Waals surface area contributed by atoms with E-state index in [1.807, 2.05) is 0 Å². The van der Waals surface area contributed by atoms with E-state index in [0.717, 1.165) is 0 Å². The molecule has 60 valence electrons. The second-order valence-corrected chi connectivity index (χ2v) is 2.44. The van der Waals surface area contributed by atoms with Gasteiger partial charge in [-0.15, -0.1) is 0 Å². The molecule has 0 amide bonds. The molecule has 1 unspecified atom stereocenters. The van der Waals surface area contributed by atoms with Crippen LogP contribution >= 0.6 is 0 Å². The number of hydrogen-bond donors (Lipinski definition) is 3. The number of carboxylic acids is 1. The van der Waals surface area contributed by atoms with E-state index in [0.29, 0.717) is 0 Å². The van der Waals surface area contributed by atoms with Crippen LogP contribution in [0.2, 0.25) is 0 Å². The van der Waals surface area contributed by atoms with Crippen molar-refractivity contribution in [2.24, 2.45) is 10.7 Å². The highest BCUT2D eigenvalue weighted by atomic mass is 16.4. The van der Waals surface area contributed by atoms with Crippen LogP contribution in [-0.2, 0) is 4.79 Å². The van der Waals surface area contributed by atoms with E-state index < -0.39 is 11.8 Å². The summed E-state index contributed by atoms with van der Waals surface area (Å²) in [5, 5.41) is 11.1. The summed E-state index contributed by atoms with van der Waals surface area (Å²) in [6.45, 7) is 1.58. The van der Waals surface area contributed by atoms with Crippen molar-refractivity contribution >= 4 is 12.2 Å². The lowest BCUT2D eigenvalue weighted by Crippen LogP contribution is -2.51.